The molecule has 1 aliphatic heterocycles. The summed E-state index contributed by atoms with van der Waals surface area (Å²) in [5, 5.41) is 1.72. The fourth-order valence-electron chi connectivity index (χ4n) is 4.73. The van der Waals surface area contributed by atoms with Gasteiger partial charge in [-0.1, -0.05) is 88.6 Å². The Morgan fingerprint density at radius 1 is 0.941 bits per heavy atom. The van der Waals surface area contributed by atoms with E-state index in [9.17, 15) is 4.79 Å². The quantitative estimate of drug-likeness (QED) is 0.304. The van der Waals surface area contributed by atoms with E-state index in [-0.39, 0.29) is 11.6 Å². The van der Waals surface area contributed by atoms with Crippen LogP contribution in [0.25, 0.3) is 11.8 Å². The van der Waals surface area contributed by atoms with Crippen molar-refractivity contribution in [2.75, 3.05) is 0 Å². The second-order valence-corrected chi connectivity index (χ2v) is 10.6. The average molecular weight is 524 g/mol. The van der Waals surface area contributed by atoms with Crippen LogP contribution in [0.15, 0.2) is 82.1 Å². The molecule has 3 aromatic carbocycles. The number of hydrogen-bond acceptors (Lipinski definition) is 3. The van der Waals surface area contributed by atoms with Gasteiger partial charge < -0.3 is 0 Å². The molecule has 0 saturated carbocycles. The number of allylic oxidation sites excluding steroid dienone is 1. The maximum absolute atomic E-state index is 13.7. The largest absolute Gasteiger partial charge is 0.272 e. The zero-order valence-electron chi connectivity index (χ0n) is 17.8. The molecule has 34 heavy (non-hydrogen) atoms. The Morgan fingerprint density at radius 2 is 1.71 bits per heavy atom. The number of aryl methyl sites for hydroxylation is 1. The molecule has 7 heteroatoms. The van der Waals surface area contributed by atoms with E-state index in [1.807, 2.05) is 47.0 Å². The van der Waals surface area contributed by atoms with E-state index in [4.69, 9.17) is 39.8 Å². The van der Waals surface area contributed by atoms with Crippen LogP contribution in [0.5, 0.6) is 0 Å². The first-order valence-electron chi connectivity index (χ1n) is 10.8. The third-order valence-corrected chi connectivity index (χ3v) is 8.11. The molecule has 1 atom stereocenters. The van der Waals surface area contributed by atoms with Gasteiger partial charge in [0, 0.05) is 20.6 Å². The van der Waals surface area contributed by atoms with Crippen molar-refractivity contribution in [3.05, 3.63) is 129 Å². The smallest absolute Gasteiger partial charge is 0.271 e. The molecule has 0 amide bonds. The minimum absolute atomic E-state index is 0.0832. The molecular weight excluding hydrogens is 507 g/mol. The maximum atomic E-state index is 13.7. The lowest BCUT2D eigenvalue weighted by Gasteiger charge is -2.30. The van der Waals surface area contributed by atoms with Crippen LogP contribution in [-0.2, 0) is 6.42 Å². The van der Waals surface area contributed by atoms with Crippen molar-refractivity contribution in [2.24, 2.45) is 4.99 Å². The Morgan fingerprint density at radius 3 is 2.50 bits per heavy atom. The summed E-state index contributed by atoms with van der Waals surface area (Å²) in [6.45, 7) is 0. The van der Waals surface area contributed by atoms with Crippen LogP contribution in [0, 0.1) is 0 Å². The van der Waals surface area contributed by atoms with Gasteiger partial charge in [-0.25, -0.2) is 4.99 Å². The predicted octanol–water partition coefficient (Wildman–Crippen LogP) is 6.28. The molecule has 1 aromatic heterocycles. The molecule has 0 radical (unpaired) electrons. The molecular formula is C27H17Cl3N2OS. The van der Waals surface area contributed by atoms with Crippen LogP contribution in [-0.4, -0.2) is 4.57 Å². The summed E-state index contributed by atoms with van der Waals surface area (Å²) in [6, 6.07) is 21.1. The Balaban J connectivity index is 1.63. The zero-order chi connectivity index (χ0) is 23.4. The van der Waals surface area contributed by atoms with Crippen molar-refractivity contribution < 1.29 is 0 Å². The number of hydrogen-bond donors (Lipinski definition) is 0. The molecule has 1 aliphatic carbocycles. The lowest BCUT2D eigenvalue weighted by molar-refractivity contribution is 0.585. The minimum Gasteiger partial charge on any atom is -0.272 e. The number of thiazole rings is 1. The summed E-state index contributed by atoms with van der Waals surface area (Å²) in [5.74, 6) is 0. The van der Waals surface area contributed by atoms with E-state index in [0.717, 1.165) is 40.8 Å². The van der Waals surface area contributed by atoms with Crippen LogP contribution >= 0.6 is 46.1 Å². The topological polar surface area (TPSA) is 34.4 Å². The fraction of sp³-hybridized carbons (Fsp3) is 0.111. The molecule has 2 aliphatic rings. The highest BCUT2D eigenvalue weighted by Crippen LogP contribution is 2.41. The summed E-state index contributed by atoms with van der Waals surface area (Å²) in [4.78, 5) is 19.4. The maximum Gasteiger partial charge on any atom is 0.271 e. The van der Waals surface area contributed by atoms with Crippen LogP contribution in [0.1, 0.15) is 34.7 Å². The first-order valence-corrected chi connectivity index (χ1v) is 12.8. The second-order valence-electron chi connectivity index (χ2n) is 8.33. The summed E-state index contributed by atoms with van der Waals surface area (Å²) in [7, 11) is 0. The van der Waals surface area contributed by atoms with E-state index in [1.54, 1.807) is 12.1 Å². The van der Waals surface area contributed by atoms with Crippen molar-refractivity contribution in [3.63, 3.8) is 0 Å². The summed E-state index contributed by atoms with van der Waals surface area (Å²) in [6.07, 6.45) is 3.58. The van der Waals surface area contributed by atoms with Gasteiger partial charge in [0.15, 0.2) is 4.80 Å². The number of fused-ring (bicyclic) bond motifs is 3. The van der Waals surface area contributed by atoms with Gasteiger partial charge in [-0.15, -0.1) is 0 Å². The lowest BCUT2D eigenvalue weighted by atomic mass is 9.83. The third kappa shape index (κ3) is 3.66. The van der Waals surface area contributed by atoms with Gasteiger partial charge in [-0.2, -0.15) is 0 Å². The van der Waals surface area contributed by atoms with E-state index in [2.05, 4.69) is 18.2 Å². The summed E-state index contributed by atoms with van der Waals surface area (Å²) < 4.78 is 2.39. The van der Waals surface area contributed by atoms with Crippen LogP contribution in [0.3, 0.4) is 0 Å². The first kappa shape index (κ1) is 21.9. The van der Waals surface area contributed by atoms with Gasteiger partial charge in [0.2, 0.25) is 0 Å². The molecule has 0 N–H and O–H groups in total. The highest BCUT2D eigenvalue weighted by Gasteiger charge is 2.32. The zero-order valence-corrected chi connectivity index (χ0v) is 20.8. The number of benzene rings is 3. The second kappa shape index (κ2) is 8.54. The molecule has 0 saturated heterocycles. The van der Waals surface area contributed by atoms with Gasteiger partial charge in [0.05, 0.1) is 16.3 Å². The van der Waals surface area contributed by atoms with E-state index in [0.29, 0.717) is 24.4 Å². The predicted molar refractivity (Wildman–Crippen MR) is 141 cm³/mol. The highest BCUT2D eigenvalue weighted by molar-refractivity contribution is 7.07. The summed E-state index contributed by atoms with van der Waals surface area (Å²) >= 11 is 20.0. The Hall–Kier alpha value is -2.63. The Bertz CT molecular complexity index is 1670. The fourth-order valence-corrected chi connectivity index (χ4v) is 6.31. The molecule has 0 spiro atoms. The SMILES string of the molecule is O=c1/c(=C\c2ccc(Cl)cc2Cl)sc2n1[C@H](c1ccc(Cl)cc1)C1=C(N=2)c2ccccc2CC1. The number of rotatable bonds is 2. The standard InChI is InChI=1S/C27H17Cl3N2OS/c28-18-9-5-16(6-10-18)25-21-12-8-15-3-1-2-4-20(15)24(21)31-27-32(25)26(33)23(34-27)13-17-7-11-19(29)14-22(17)30/h1-7,9-11,13-14,25H,8,12H2/b23-13+/t25-/m1/s1. The third-order valence-electron chi connectivity index (χ3n) is 6.31. The lowest BCUT2D eigenvalue weighted by Crippen LogP contribution is -2.38. The molecule has 3 nitrogen and oxygen atoms in total. The van der Waals surface area contributed by atoms with Gasteiger partial charge in [-0.3, -0.25) is 9.36 Å². The van der Waals surface area contributed by atoms with Gasteiger partial charge in [0.1, 0.15) is 0 Å². The normalized spacial score (nSPS) is 17.1. The molecule has 0 fully saturated rings. The molecule has 6 rings (SSSR count). The molecule has 4 aromatic rings. The van der Waals surface area contributed by atoms with Crippen molar-refractivity contribution >= 4 is 57.9 Å². The highest BCUT2D eigenvalue weighted by atomic mass is 35.5. The molecule has 2 heterocycles. The number of halogens is 3. The van der Waals surface area contributed by atoms with Gasteiger partial charge >= 0.3 is 0 Å². The van der Waals surface area contributed by atoms with Crippen LogP contribution in [0.4, 0.5) is 0 Å². The average Bonchev–Trinajstić information content (AvgIpc) is 3.15. The van der Waals surface area contributed by atoms with Crippen molar-refractivity contribution in [2.45, 2.75) is 18.9 Å². The Labute approximate surface area is 214 Å². The van der Waals surface area contributed by atoms with Gasteiger partial charge in [-0.05, 0) is 65.4 Å². The Kier molecular flexibility index (Phi) is 5.50. The molecule has 168 valence electrons. The monoisotopic (exact) mass is 522 g/mol. The minimum atomic E-state index is -0.236. The van der Waals surface area contributed by atoms with Crippen LogP contribution < -0.4 is 14.9 Å². The van der Waals surface area contributed by atoms with Gasteiger partial charge in [0.25, 0.3) is 5.56 Å². The van der Waals surface area contributed by atoms with E-state index >= 15 is 0 Å². The van der Waals surface area contributed by atoms with E-state index in [1.165, 1.54) is 16.9 Å². The van der Waals surface area contributed by atoms with Crippen LogP contribution in [0.2, 0.25) is 15.1 Å². The van der Waals surface area contributed by atoms with Crippen molar-refractivity contribution in [3.8, 4) is 0 Å². The molecule has 0 unspecified atom stereocenters. The van der Waals surface area contributed by atoms with Crippen molar-refractivity contribution in [1.29, 1.82) is 0 Å². The summed E-state index contributed by atoms with van der Waals surface area (Å²) in [5.41, 5.74) is 6.23. The first-order chi connectivity index (χ1) is 16.5. The molecule has 0 bridgehead atoms. The number of nitrogens with zero attached hydrogens (tertiary/aromatic N) is 2. The van der Waals surface area contributed by atoms with E-state index < -0.39 is 0 Å². The van der Waals surface area contributed by atoms with Crippen molar-refractivity contribution in [1.82, 2.24) is 4.57 Å². The number of aromatic nitrogens is 1.